The summed E-state index contributed by atoms with van der Waals surface area (Å²) in [5.74, 6) is -1.32. The van der Waals surface area contributed by atoms with Gasteiger partial charge in [-0.1, -0.05) is 23.2 Å². The summed E-state index contributed by atoms with van der Waals surface area (Å²) in [7, 11) is 0. The van der Waals surface area contributed by atoms with Crippen molar-refractivity contribution in [1.82, 2.24) is 0 Å². The highest BCUT2D eigenvalue weighted by Gasteiger charge is 2.14. The number of aromatic hydroxyl groups is 1. The zero-order valence-electron chi connectivity index (χ0n) is 7.98. The molecule has 0 saturated heterocycles. The molecule has 4 nitrogen and oxygen atoms in total. The second-order valence-electron chi connectivity index (χ2n) is 3.06. The molecule has 16 heavy (non-hydrogen) atoms. The largest absolute Gasteiger partial charge is 0.505 e. The van der Waals surface area contributed by atoms with Crippen molar-refractivity contribution >= 4 is 41.6 Å². The number of nitrogens with two attached hydrogens (primary N) is 1. The van der Waals surface area contributed by atoms with E-state index in [2.05, 4.69) is 0 Å². The number of carboxylic acids is 1. The zero-order valence-corrected chi connectivity index (χ0v) is 10.3. The molecule has 0 aliphatic rings. The van der Waals surface area contributed by atoms with Crippen molar-refractivity contribution in [2.75, 3.05) is 0 Å². The predicted molar refractivity (Wildman–Crippen MR) is 64.7 cm³/mol. The van der Waals surface area contributed by atoms with Gasteiger partial charge in [-0.25, -0.2) is 0 Å². The van der Waals surface area contributed by atoms with Gasteiger partial charge in [0.15, 0.2) is 5.75 Å². The van der Waals surface area contributed by atoms with Crippen molar-refractivity contribution in [2.24, 2.45) is 5.73 Å². The third-order valence-corrected chi connectivity index (χ3v) is 2.43. The molecule has 0 heterocycles. The Morgan fingerprint density at radius 3 is 2.19 bits per heavy atom. The van der Waals surface area contributed by atoms with Crippen LogP contribution >= 0.6 is 35.6 Å². The van der Waals surface area contributed by atoms with Crippen LogP contribution in [-0.2, 0) is 11.2 Å². The molecule has 0 fully saturated rings. The lowest BCUT2D eigenvalue weighted by Gasteiger charge is -2.08. The van der Waals surface area contributed by atoms with Crippen molar-refractivity contribution in [3.63, 3.8) is 0 Å². The van der Waals surface area contributed by atoms with Crippen molar-refractivity contribution < 1.29 is 15.0 Å². The number of phenolic OH excluding ortho intramolecular Hbond substituents is 1. The molecule has 4 N–H and O–H groups in total. The van der Waals surface area contributed by atoms with Gasteiger partial charge in [-0.15, -0.1) is 12.4 Å². The van der Waals surface area contributed by atoms with E-state index in [9.17, 15) is 9.90 Å². The summed E-state index contributed by atoms with van der Waals surface area (Å²) in [5.41, 5.74) is 5.91. The highest BCUT2D eigenvalue weighted by Crippen LogP contribution is 2.32. The van der Waals surface area contributed by atoms with Crippen molar-refractivity contribution in [3.05, 3.63) is 27.7 Å². The fourth-order valence-electron chi connectivity index (χ4n) is 1.08. The number of carbonyl (C=O) groups is 1. The van der Waals surface area contributed by atoms with Crippen LogP contribution in [0.1, 0.15) is 5.56 Å². The summed E-state index contributed by atoms with van der Waals surface area (Å²) in [4.78, 5) is 10.5. The number of carboxylic acid groups (broad SMARTS) is 1. The molecule has 0 aliphatic carbocycles. The number of rotatable bonds is 3. The van der Waals surface area contributed by atoms with Gasteiger partial charge in [0.25, 0.3) is 0 Å². The number of phenols is 1. The molecule has 0 saturated carbocycles. The number of aliphatic carboxylic acids is 1. The molecule has 0 aliphatic heterocycles. The highest BCUT2D eigenvalue weighted by molar-refractivity contribution is 6.37. The van der Waals surface area contributed by atoms with Gasteiger partial charge in [-0.2, -0.15) is 0 Å². The minimum atomic E-state index is -1.10. The topological polar surface area (TPSA) is 83.5 Å². The first-order valence-corrected chi connectivity index (χ1v) is 4.82. The molecule has 1 atom stereocenters. The average molecular weight is 287 g/mol. The Labute approximate surface area is 108 Å². The van der Waals surface area contributed by atoms with Crippen molar-refractivity contribution in [3.8, 4) is 5.75 Å². The van der Waals surface area contributed by atoms with Crippen LogP contribution in [0, 0.1) is 0 Å². The van der Waals surface area contributed by atoms with Crippen LogP contribution in [-0.4, -0.2) is 22.2 Å². The Morgan fingerprint density at radius 2 is 1.81 bits per heavy atom. The van der Waals surface area contributed by atoms with Gasteiger partial charge >= 0.3 is 5.97 Å². The van der Waals surface area contributed by atoms with Gasteiger partial charge in [-0.05, 0) is 24.1 Å². The Hall–Kier alpha value is -0.680. The summed E-state index contributed by atoms with van der Waals surface area (Å²) in [6, 6.07) is 1.86. The van der Waals surface area contributed by atoms with Crippen molar-refractivity contribution in [1.29, 1.82) is 0 Å². The minimum absolute atomic E-state index is 0. The molecule has 90 valence electrons. The Balaban J connectivity index is 0.00000225. The van der Waals surface area contributed by atoms with E-state index in [1.54, 1.807) is 0 Å². The molecule has 1 aromatic carbocycles. The SMILES string of the molecule is Cl.N[C@@H](Cc1cc(Cl)c(O)c(Cl)c1)C(=O)O. The number of hydrogen-bond donors (Lipinski definition) is 3. The first-order chi connectivity index (χ1) is 6.91. The third kappa shape index (κ3) is 3.72. The summed E-state index contributed by atoms with van der Waals surface area (Å²) in [6.07, 6.45) is 0.106. The first-order valence-electron chi connectivity index (χ1n) is 4.07. The molecule has 0 aromatic heterocycles. The monoisotopic (exact) mass is 285 g/mol. The minimum Gasteiger partial charge on any atom is -0.505 e. The lowest BCUT2D eigenvalue weighted by Crippen LogP contribution is -2.32. The van der Waals surface area contributed by atoms with Crippen LogP contribution in [0.5, 0.6) is 5.75 Å². The van der Waals surface area contributed by atoms with Gasteiger partial charge in [0, 0.05) is 0 Å². The molecular formula is C9H10Cl3NO3. The van der Waals surface area contributed by atoms with E-state index in [-0.39, 0.29) is 34.6 Å². The summed E-state index contributed by atoms with van der Waals surface area (Å²) in [5, 5.41) is 18.0. The molecule has 7 heteroatoms. The first kappa shape index (κ1) is 15.3. The lowest BCUT2D eigenvalue weighted by molar-refractivity contribution is -0.138. The standard InChI is InChI=1S/C9H9Cl2NO3.ClH/c10-5-1-4(2-6(11)8(5)13)3-7(12)9(14)15;/h1-2,7,13H,3,12H2,(H,14,15);1H/t7-;/m0./s1. The maximum Gasteiger partial charge on any atom is 0.320 e. The van der Waals surface area contributed by atoms with E-state index in [1.807, 2.05) is 0 Å². The second kappa shape index (κ2) is 6.15. The normalized spacial score (nSPS) is 11.7. The maximum atomic E-state index is 10.5. The van der Waals surface area contributed by atoms with E-state index in [4.69, 9.17) is 34.0 Å². The molecule has 0 spiro atoms. The maximum absolute atomic E-state index is 10.5. The van der Waals surface area contributed by atoms with Crippen LogP contribution in [0.25, 0.3) is 0 Å². The lowest BCUT2D eigenvalue weighted by atomic mass is 10.1. The molecule has 1 aromatic rings. The predicted octanol–water partition coefficient (Wildman–Crippen LogP) is 2.08. The van der Waals surface area contributed by atoms with Crippen LogP contribution in [0.4, 0.5) is 0 Å². The molecule has 0 bridgehead atoms. The van der Waals surface area contributed by atoms with E-state index in [0.717, 1.165) is 0 Å². The zero-order chi connectivity index (χ0) is 11.6. The number of halogens is 3. The van der Waals surface area contributed by atoms with Gasteiger partial charge in [0.2, 0.25) is 0 Å². The second-order valence-corrected chi connectivity index (χ2v) is 3.87. The molecule has 0 unspecified atom stereocenters. The van der Waals surface area contributed by atoms with Crippen molar-refractivity contribution in [2.45, 2.75) is 12.5 Å². The quantitative estimate of drug-likeness (QED) is 0.794. The number of benzene rings is 1. The third-order valence-electron chi connectivity index (χ3n) is 1.85. The Kier molecular flexibility index (Phi) is 5.89. The highest BCUT2D eigenvalue weighted by atomic mass is 35.5. The smallest absolute Gasteiger partial charge is 0.320 e. The fraction of sp³-hybridized carbons (Fsp3) is 0.222. The summed E-state index contributed by atoms with van der Waals surface area (Å²) >= 11 is 11.3. The van der Waals surface area contributed by atoms with E-state index >= 15 is 0 Å². The van der Waals surface area contributed by atoms with Crippen LogP contribution in [0.3, 0.4) is 0 Å². The van der Waals surface area contributed by atoms with E-state index in [0.29, 0.717) is 5.56 Å². The molecule has 0 amide bonds. The number of hydrogen-bond acceptors (Lipinski definition) is 3. The molecule has 0 radical (unpaired) electrons. The van der Waals surface area contributed by atoms with Crippen LogP contribution in [0.15, 0.2) is 12.1 Å². The van der Waals surface area contributed by atoms with E-state index < -0.39 is 12.0 Å². The molecular weight excluding hydrogens is 276 g/mol. The summed E-state index contributed by atoms with van der Waals surface area (Å²) in [6.45, 7) is 0. The summed E-state index contributed by atoms with van der Waals surface area (Å²) < 4.78 is 0. The van der Waals surface area contributed by atoms with Gasteiger partial charge < -0.3 is 15.9 Å². The van der Waals surface area contributed by atoms with Crippen LogP contribution < -0.4 is 5.73 Å². The molecule has 1 rings (SSSR count). The Morgan fingerprint density at radius 1 is 1.38 bits per heavy atom. The van der Waals surface area contributed by atoms with Gasteiger partial charge in [0.1, 0.15) is 6.04 Å². The van der Waals surface area contributed by atoms with E-state index in [1.165, 1.54) is 12.1 Å². The van der Waals surface area contributed by atoms with Crippen LogP contribution in [0.2, 0.25) is 10.0 Å². The Bertz CT molecular complexity index is 375. The fourth-order valence-corrected chi connectivity index (χ4v) is 1.61. The average Bonchev–Trinajstić information content (AvgIpc) is 2.13. The van der Waals surface area contributed by atoms with Gasteiger partial charge in [0.05, 0.1) is 10.0 Å². The van der Waals surface area contributed by atoms with Gasteiger partial charge in [-0.3, -0.25) is 4.79 Å².